The zero-order chi connectivity index (χ0) is 16.7. The number of fused-ring (bicyclic) bond motifs is 1. The summed E-state index contributed by atoms with van der Waals surface area (Å²) in [6.07, 6.45) is 0. The minimum absolute atomic E-state index is 0.0197. The van der Waals surface area contributed by atoms with Crippen molar-refractivity contribution in [3.8, 4) is 0 Å². The van der Waals surface area contributed by atoms with Crippen LogP contribution in [0.1, 0.15) is 10.4 Å². The largest absolute Gasteiger partial charge is 0.335 e. The zero-order valence-electron chi connectivity index (χ0n) is 12.5. The van der Waals surface area contributed by atoms with E-state index in [1.807, 2.05) is 0 Å². The molecule has 0 aromatic heterocycles. The second kappa shape index (κ2) is 5.60. The number of nitrogens with zero attached hydrogens (tertiary/aromatic N) is 3. The molecular weight excluding hydrogens is 308 g/mol. The summed E-state index contributed by atoms with van der Waals surface area (Å²) >= 11 is 0. The Bertz CT molecular complexity index is 674. The van der Waals surface area contributed by atoms with Gasteiger partial charge in [-0.25, -0.2) is 8.78 Å². The van der Waals surface area contributed by atoms with Crippen LogP contribution in [0.15, 0.2) is 18.2 Å². The van der Waals surface area contributed by atoms with Crippen molar-refractivity contribution in [2.24, 2.45) is 0 Å². The third-order valence-corrected chi connectivity index (χ3v) is 4.13. The van der Waals surface area contributed by atoms with Crippen molar-refractivity contribution in [1.29, 1.82) is 0 Å². The molecule has 3 rings (SSSR count). The van der Waals surface area contributed by atoms with Crippen LogP contribution in [0.3, 0.4) is 0 Å². The summed E-state index contributed by atoms with van der Waals surface area (Å²) in [5, 5.41) is 0. The maximum Gasteiger partial charge on any atom is 0.254 e. The van der Waals surface area contributed by atoms with Gasteiger partial charge < -0.3 is 14.7 Å². The van der Waals surface area contributed by atoms with Crippen molar-refractivity contribution in [3.05, 3.63) is 35.4 Å². The molecule has 2 saturated heterocycles. The van der Waals surface area contributed by atoms with Crippen molar-refractivity contribution in [3.63, 3.8) is 0 Å². The predicted octanol–water partition coefficient (Wildman–Crippen LogP) is 0.0898. The summed E-state index contributed by atoms with van der Waals surface area (Å²) in [5.74, 6) is -2.64. The van der Waals surface area contributed by atoms with Crippen LogP contribution in [0, 0.1) is 11.6 Å². The van der Waals surface area contributed by atoms with Crippen LogP contribution in [-0.2, 0) is 9.59 Å². The number of carbonyl (C=O) groups excluding carboxylic acids is 3. The molecule has 3 amide bonds. The quantitative estimate of drug-likeness (QED) is 0.736. The first-order valence-corrected chi connectivity index (χ1v) is 7.16. The van der Waals surface area contributed by atoms with Crippen molar-refractivity contribution >= 4 is 17.7 Å². The Labute approximate surface area is 131 Å². The molecule has 0 aliphatic carbocycles. The summed E-state index contributed by atoms with van der Waals surface area (Å²) in [6.45, 7) is 0.493. The first-order valence-electron chi connectivity index (χ1n) is 7.16. The Morgan fingerprint density at radius 1 is 1.13 bits per heavy atom. The average Bonchev–Trinajstić information content (AvgIpc) is 2.50. The van der Waals surface area contributed by atoms with Gasteiger partial charge in [-0.2, -0.15) is 0 Å². The van der Waals surface area contributed by atoms with E-state index >= 15 is 0 Å². The smallest absolute Gasteiger partial charge is 0.254 e. The van der Waals surface area contributed by atoms with E-state index in [0.29, 0.717) is 6.07 Å². The molecule has 2 heterocycles. The van der Waals surface area contributed by atoms with Crippen molar-refractivity contribution in [2.45, 2.75) is 6.04 Å². The van der Waals surface area contributed by atoms with E-state index < -0.39 is 23.6 Å². The molecule has 1 aromatic carbocycles. The first-order chi connectivity index (χ1) is 10.9. The minimum Gasteiger partial charge on any atom is -0.335 e. The predicted molar refractivity (Wildman–Crippen MR) is 75.4 cm³/mol. The second-order valence-electron chi connectivity index (χ2n) is 5.71. The van der Waals surface area contributed by atoms with Gasteiger partial charge in [0.15, 0.2) is 0 Å². The van der Waals surface area contributed by atoms with Gasteiger partial charge in [-0.15, -0.1) is 0 Å². The van der Waals surface area contributed by atoms with Crippen molar-refractivity contribution in [1.82, 2.24) is 14.7 Å². The summed E-state index contributed by atoms with van der Waals surface area (Å²) in [4.78, 5) is 40.7. The van der Waals surface area contributed by atoms with Gasteiger partial charge in [0, 0.05) is 31.8 Å². The van der Waals surface area contributed by atoms with Crippen LogP contribution in [0.4, 0.5) is 8.78 Å². The third kappa shape index (κ3) is 2.76. The fraction of sp³-hybridized carbons (Fsp3) is 0.400. The van der Waals surface area contributed by atoms with E-state index in [1.165, 1.54) is 21.7 Å². The molecule has 23 heavy (non-hydrogen) atoms. The molecule has 1 atom stereocenters. The molecule has 2 aliphatic rings. The van der Waals surface area contributed by atoms with E-state index in [0.717, 1.165) is 12.1 Å². The molecule has 2 aliphatic heterocycles. The number of amides is 3. The molecule has 8 heteroatoms. The van der Waals surface area contributed by atoms with E-state index in [9.17, 15) is 23.2 Å². The molecule has 0 unspecified atom stereocenters. The van der Waals surface area contributed by atoms with Crippen molar-refractivity contribution < 1.29 is 23.2 Å². The maximum absolute atomic E-state index is 13.3. The fourth-order valence-electron chi connectivity index (χ4n) is 2.96. The van der Waals surface area contributed by atoms with Crippen molar-refractivity contribution in [2.75, 3.05) is 33.2 Å². The lowest BCUT2D eigenvalue weighted by atomic mass is 10.1. The highest BCUT2D eigenvalue weighted by molar-refractivity contribution is 5.98. The number of hydrogen-bond donors (Lipinski definition) is 0. The summed E-state index contributed by atoms with van der Waals surface area (Å²) < 4.78 is 26.5. The fourth-order valence-corrected chi connectivity index (χ4v) is 2.96. The van der Waals surface area contributed by atoms with E-state index in [2.05, 4.69) is 0 Å². The standard InChI is InChI=1S/C15H15F2N3O3/c1-18-8-13(21)20-3-2-19(7-12(20)15(18)23)14(22)9-4-10(16)6-11(17)5-9/h4-6,12H,2-3,7-8H2,1H3/t12-/m1/s1. The van der Waals surface area contributed by atoms with Crippen LogP contribution < -0.4 is 0 Å². The molecule has 6 nitrogen and oxygen atoms in total. The number of likely N-dealkylation sites (N-methyl/N-ethyl adjacent to an activating group) is 1. The number of benzene rings is 1. The molecule has 0 spiro atoms. The van der Waals surface area contributed by atoms with Crippen LogP contribution in [0.2, 0.25) is 0 Å². The highest BCUT2D eigenvalue weighted by Crippen LogP contribution is 2.19. The summed E-state index contributed by atoms with van der Waals surface area (Å²) in [5.41, 5.74) is -0.112. The lowest BCUT2D eigenvalue weighted by Gasteiger charge is -2.45. The maximum atomic E-state index is 13.3. The molecule has 0 N–H and O–H groups in total. The summed E-state index contributed by atoms with van der Waals surface area (Å²) in [6, 6.07) is 1.86. The van der Waals surface area contributed by atoms with Gasteiger partial charge >= 0.3 is 0 Å². The second-order valence-corrected chi connectivity index (χ2v) is 5.71. The van der Waals surface area contributed by atoms with Crippen LogP contribution >= 0.6 is 0 Å². The Hall–Kier alpha value is -2.51. The van der Waals surface area contributed by atoms with Crippen LogP contribution in [0.25, 0.3) is 0 Å². The van der Waals surface area contributed by atoms with E-state index in [4.69, 9.17) is 0 Å². The van der Waals surface area contributed by atoms with Gasteiger partial charge in [0.25, 0.3) is 5.91 Å². The number of carbonyl (C=O) groups is 3. The van der Waals surface area contributed by atoms with Gasteiger partial charge in [0.2, 0.25) is 11.8 Å². The van der Waals surface area contributed by atoms with Gasteiger partial charge in [-0.3, -0.25) is 14.4 Å². The molecule has 1 aromatic rings. The average molecular weight is 323 g/mol. The molecular formula is C15H15F2N3O3. The number of rotatable bonds is 1. The highest BCUT2D eigenvalue weighted by atomic mass is 19.1. The van der Waals surface area contributed by atoms with E-state index in [-0.39, 0.29) is 43.6 Å². The number of hydrogen-bond acceptors (Lipinski definition) is 3. The van der Waals surface area contributed by atoms with Gasteiger partial charge in [0.1, 0.15) is 17.7 Å². The molecule has 0 saturated carbocycles. The summed E-state index contributed by atoms with van der Waals surface area (Å²) in [7, 11) is 1.53. The molecule has 2 fully saturated rings. The highest BCUT2D eigenvalue weighted by Gasteiger charge is 2.42. The Kier molecular flexibility index (Phi) is 3.75. The SMILES string of the molecule is CN1CC(=O)N2CCN(C(=O)c3cc(F)cc(F)c3)C[C@@H]2C1=O. The van der Waals surface area contributed by atoms with Gasteiger partial charge in [-0.05, 0) is 12.1 Å². The van der Waals surface area contributed by atoms with Gasteiger partial charge in [0.05, 0.1) is 13.1 Å². The number of piperazine rings is 2. The normalized spacial score (nSPS) is 21.5. The molecule has 122 valence electrons. The molecule has 0 radical (unpaired) electrons. The lowest BCUT2D eigenvalue weighted by Crippen LogP contribution is -2.66. The van der Waals surface area contributed by atoms with Gasteiger partial charge in [-0.1, -0.05) is 0 Å². The topological polar surface area (TPSA) is 60.9 Å². The van der Waals surface area contributed by atoms with E-state index in [1.54, 1.807) is 0 Å². The first kappa shape index (κ1) is 15.4. The van der Waals surface area contributed by atoms with Crippen LogP contribution in [-0.4, -0.2) is 71.7 Å². The Morgan fingerprint density at radius 2 is 1.78 bits per heavy atom. The lowest BCUT2D eigenvalue weighted by molar-refractivity contribution is -0.157. The third-order valence-electron chi connectivity index (χ3n) is 4.13. The Balaban J connectivity index is 1.81. The minimum atomic E-state index is -0.837. The Morgan fingerprint density at radius 3 is 2.43 bits per heavy atom. The van der Waals surface area contributed by atoms with Crippen LogP contribution in [0.5, 0.6) is 0 Å². The number of halogens is 2. The zero-order valence-corrected chi connectivity index (χ0v) is 12.5. The molecule has 0 bridgehead atoms. The monoisotopic (exact) mass is 323 g/mol.